The maximum Gasteiger partial charge on any atom is 0.143 e. The van der Waals surface area contributed by atoms with E-state index < -0.39 is 5.41 Å². The number of anilines is 3. The number of ether oxygens (including phenoxy) is 1. The Morgan fingerprint density at radius 2 is 0.836 bits per heavy atom. The summed E-state index contributed by atoms with van der Waals surface area (Å²) < 4.78 is 7.37. The molecule has 0 N–H and O–H groups in total. The molecule has 11 aromatic rings. The molecule has 11 aromatic carbocycles. The number of fused-ring (bicyclic) bond motifs is 17. The molecule has 2 aliphatic carbocycles. The van der Waals surface area contributed by atoms with Crippen molar-refractivity contribution in [3.63, 3.8) is 0 Å². The average molecular weight is 852 g/mol. The fraction of sp³-hybridized carbons (Fsp3) is 0.0154. The van der Waals surface area contributed by atoms with Crippen LogP contribution < -0.4 is 9.64 Å². The van der Waals surface area contributed by atoms with E-state index in [4.69, 9.17) is 4.74 Å². The van der Waals surface area contributed by atoms with Gasteiger partial charge in [0.05, 0.1) is 11.1 Å². The lowest BCUT2D eigenvalue weighted by Crippen LogP contribution is -2.26. The second kappa shape index (κ2) is 14.7. The van der Waals surface area contributed by atoms with Crippen LogP contribution in [0.4, 0.5) is 17.1 Å². The van der Waals surface area contributed by atoms with Crippen LogP contribution >= 0.6 is 0 Å². The van der Waals surface area contributed by atoms with Crippen LogP contribution in [0.2, 0.25) is 0 Å². The van der Waals surface area contributed by atoms with Gasteiger partial charge in [0.25, 0.3) is 0 Å². The maximum absolute atomic E-state index is 7.37. The van der Waals surface area contributed by atoms with E-state index in [0.717, 1.165) is 72.7 Å². The van der Waals surface area contributed by atoms with Crippen molar-refractivity contribution in [2.45, 2.75) is 5.41 Å². The van der Waals surface area contributed by atoms with E-state index in [1.54, 1.807) is 0 Å². The van der Waals surface area contributed by atoms with Crippen molar-refractivity contribution in [1.82, 2.24) is 0 Å². The number of nitrogens with zero attached hydrogens (tertiary/aromatic N) is 1. The highest BCUT2D eigenvalue weighted by atomic mass is 16.5. The van der Waals surface area contributed by atoms with Crippen molar-refractivity contribution in [2.24, 2.45) is 0 Å². The predicted octanol–water partition coefficient (Wildman–Crippen LogP) is 17.4. The fourth-order valence-corrected chi connectivity index (χ4v) is 11.7. The quantitative estimate of drug-likeness (QED) is 0.171. The van der Waals surface area contributed by atoms with Crippen molar-refractivity contribution < 1.29 is 4.74 Å². The van der Waals surface area contributed by atoms with E-state index in [0.29, 0.717) is 0 Å². The summed E-state index contributed by atoms with van der Waals surface area (Å²) in [5.74, 6) is 1.68. The SMILES string of the molecule is c1ccc(-c2ccc(N(c3ccc4c(c3)C3(c5ccccc5-c5ccccc53)c3ccccc3-4)c3cccc4c3-c3cccc(-c5ccccc5)c3-c3ccc5ccccc5c3O4)cc2)cc1. The molecule has 0 fully saturated rings. The molecule has 0 radical (unpaired) electrons. The summed E-state index contributed by atoms with van der Waals surface area (Å²) in [4.78, 5) is 2.47. The van der Waals surface area contributed by atoms with Crippen molar-refractivity contribution in [3.8, 4) is 78.3 Å². The van der Waals surface area contributed by atoms with Crippen LogP contribution in [-0.4, -0.2) is 0 Å². The van der Waals surface area contributed by atoms with Gasteiger partial charge in [-0.2, -0.15) is 0 Å². The zero-order chi connectivity index (χ0) is 44.1. The highest BCUT2D eigenvalue weighted by Gasteiger charge is 2.51. The summed E-state index contributed by atoms with van der Waals surface area (Å²) in [5, 5.41) is 2.23. The summed E-state index contributed by atoms with van der Waals surface area (Å²) in [6.07, 6.45) is 0. The zero-order valence-electron chi connectivity index (χ0n) is 36.5. The van der Waals surface area contributed by atoms with Gasteiger partial charge in [0.2, 0.25) is 0 Å². The van der Waals surface area contributed by atoms with E-state index in [1.807, 2.05) is 0 Å². The first-order valence-corrected chi connectivity index (χ1v) is 23.2. The second-order valence-corrected chi connectivity index (χ2v) is 17.9. The molecule has 1 heterocycles. The highest BCUT2D eigenvalue weighted by molar-refractivity contribution is 6.08. The van der Waals surface area contributed by atoms with Crippen molar-refractivity contribution in [1.29, 1.82) is 0 Å². The molecular formula is C65H41NO. The summed E-state index contributed by atoms with van der Waals surface area (Å²) in [7, 11) is 0. The van der Waals surface area contributed by atoms with Gasteiger partial charge >= 0.3 is 0 Å². The molecule has 0 bridgehead atoms. The molecule has 0 unspecified atom stereocenters. The molecule has 2 nitrogen and oxygen atoms in total. The van der Waals surface area contributed by atoms with Gasteiger partial charge in [0.15, 0.2) is 0 Å². The third kappa shape index (κ3) is 5.45. The van der Waals surface area contributed by atoms with Gasteiger partial charge in [0.1, 0.15) is 11.5 Å². The normalized spacial score (nSPS) is 13.0. The first kappa shape index (κ1) is 37.6. The Morgan fingerprint density at radius 1 is 0.313 bits per heavy atom. The monoisotopic (exact) mass is 851 g/mol. The first-order valence-electron chi connectivity index (χ1n) is 23.2. The molecule has 1 spiro atoms. The topological polar surface area (TPSA) is 12.5 Å². The number of hydrogen-bond donors (Lipinski definition) is 0. The Balaban J connectivity index is 1.06. The summed E-state index contributed by atoms with van der Waals surface area (Å²) in [5.41, 5.74) is 22.1. The molecule has 14 rings (SSSR count). The van der Waals surface area contributed by atoms with Crippen LogP contribution in [0.15, 0.2) is 249 Å². The third-order valence-corrected chi connectivity index (χ3v) is 14.5. The van der Waals surface area contributed by atoms with Gasteiger partial charge in [-0.25, -0.2) is 0 Å². The van der Waals surface area contributed by atoms with E-state index in [-0.39, 0.29) is 0 Å². The van der Waals surface area contributed by atoms with Gasteiger partial charge in [-0.15, -0.1) is 0 Å². The number of rotatable bonds is 5. The average Bonchev–Trinajstić information content (AvgIpc) is 3.80. The Labute approximate surface area is 390 Å². The minimum atomic E-state index is -0.492. The van der Waals surface area contributed by atoms with Gasteiger partial charge in [0, 0.05) is 33.5 Å². The van der Waals surface area contributed by atoms with Crippen LogP contribution in [0, 0.1) is 0 Å². The lowest BCUT2D eigenvalue weighted by molar-refractivity contribution is 0.493. The minimum Gasteiger partial charge on any atom is -0.455 e. The van der Waals surface area contributed by atoms with Crippen LogP contribution in [0.1, 0.15) is 22.3 Å². The molecule has 0 amide bonds. The Kier molecular flexibility index (Phi) is 8.23. The minimum absolute atomic E-state index is 0.492. The lowest BCUT2D eigenvalue weighted by atomic mass is 9.70. The molecule has 3 aliphatic rings. The van der Waals surface area contributed by atoms with Crippen molar-refractivity contribution in [2.75, 3.05) is 4.90 Å². The summed E-state index contributed by atoms with van der Waals surface area (Å²) in [6.45, 7) is 0. The fourth-order valence-electron chi connectivity index (χ4n) is 11.7. The van der Waals surface area contributed by atoms with Gasteiger partial charge < -0.3 is 9.64 Å². The summed E-state index contributed by atoms with van der Waals surface area (Å²) >= 11 is 0. The van der Waals surface area contributed by atoms with Gasteiger partial charge in [-0.3, -0.25) is 0 Å². The van der Waals surface area contributed by atoms with Gasteiger partial charge in [-0.1, -0.05) is 206 Å². The van der Waals surface area contributed by atoms with E-state index in [9.17, 15) is 0 Å². The molecule has 1 aliphatic heterocycles. The Bertz CT molecular complexity index is 3710. The molecule has 0 saturated heterocycles. The van der Waals surface area contributed by atoms with Crippen molar-refractivity contribution >= 4 is 27.8 Å². The molecule has 0 atom stereocenters. The summed E-state index contributed by atoms with van der Waals surface area (Å²) in [6, 6.07) is 91.2. The zero-order valence-corrected chi connectivity index (χ0v) is 36.5. The van der Waals surface area contributed by atoms with Crippen LogP contribution in [0.3, 0.4) is 0 Å². The Morgan fingerprint density at radius 3 is 1.54 bits per heavy atom. The van der Waals surface area contributed by atoms with E-state index in [2.05, 4.69) is 254 Å². The Hall–Kier alpha value is -8.72. The molecule has 0 aromatic heterocycles. The largest absolute Gasteiger partial charge is 0.455 e. The van der Waals surface area contributed by atoms with Crippen LogP contribution in [0.5, 0.6) is 11.5 Å². The van der Waals surface area contributed by atoms with E-state index >= 15 is 0 Å². The smallest absolute Gasteiger partial charge is 0.143 e. The number of benzene rings is 11. The standard InChI is InChI=1S/C65H41NO/c1-3-17-42(18-4-1)43-33-36-46(37-34-43)66(47-38-40-53-52-25-11-14-30-58(52)65(59(53)41-47)56-28-12-9-23-50(56)51-24-10-13-29-57(51)65)60-31-16-32-61-63(60)54-27-15-26-48(44-19-5-2-6-20-44)62(54)55-39-35-45-21-7-8-22-49(45)64(55)67-61/h1-41H. The van der Waals surface area contributed by atoms with Crippen LogP contribution in [-0.2, 0) is 5.41 Å². The number of hydrogen-bond acceptors (Lipinski definition) is 2. The van der Waals surface area contributed by atoms with Crippen molar-refractivity contribution in [3.05, 3.63) is 271 Å². The highest BCUT2D eigenvalue weighted by Crippen LogP contribution is 2.64. The molecule has 67 heavy (non-hydrogen) atoms. The van der Waals surface area contributed by atoms with E-state index in [1.165, 1.54) is 55.6 Å². The predicted molar refractivity (Wildman–Crippen MR) is 277 cm³/mol. The van der Waals surface area contributed by atoms with Gasteiger partial charge in [-0.05, 0) is 120 Å². The second-order valence-electron chi connectivity index (χ2n) is 17.9. The first-order chi connectivity index (χ1) is 33.3. The lowest BCUT2D eigenvalue weighted by Gasteiger charge is -2.33. The maximum atomic E-state index is 7.37. The molecular weight excluding hydrogens is 811 g/mol. The molecule has 2 heteroatoms. The third-order valence-electron chi connectivity index (χ3n) is 14.5. The molecule has 0 saturated carbocycles. The van der Waals surface area contributed by atoms with Crippen LogP contribution in [0.25, 0.3) is 77.5 Å². The molecule has 312 valence electrons.